The van der Waals surface area contributed by atoms with E-state index < -0.39 is 11.9 Å². The Kier molecular flexibility index (Phi) is 4.31. The van der Waals surface area contributed by atoms with E-state index in [9.17, 15) is 19.2 Å². The van der Waals surface area contributed by atoms with E-state index in [4.69, 9.17) is 4.74 Å². The average molecular weight is 408 g/mol. The van der Waals surface area contributed by atoms with E-state index in [-0.39, 0.29) is 53.7 Å². The number of nitrogens with zero attached hydrogens (tertiary/aromatic N) is 1. The summed E-state index contributed by atoms with van der Waals surface area (Å²) in [4.78, 5) is 52.1. The number of benzene rings is 1. The molecule has 1 aromatic rings. The zero-order chi connectivity index (χ0) is 21.2. The second-order valence-corrected chi connectivity index (χ2v) is 8.97. The van der Waals surface area contributed by atoms with Gasteiger partial charge in [0.2, 0.25) is 17.7 Å². The number of nitrogens with one attached hydrogen (secondary N) is 1. The highest BCUT2D eigenvalue weighted by molar-refractivity contribution is 6.10. The summed E-state index contributed by atoms with van der Waals surface area (Å²) in [6.45, 7) is 3.15. The van der Waals surface area contributed by atoms with Crippen LogP contribution < -0.4 is 5.32 Å². The molecule has 2 bridgehead atoms. The molecule has 0 spiro atoms. The number of amides is 3. The second-order valence-electron chi connectivity index (χ2n) is 8.97. The molecule has 2 saturated carbocycles. The Balaban J connectivity index is 1.30. The Labute approximate surface area is 174 Å². The minimum absolute atomic E-state index is 0.126. The average Bonchev–Trinajstić information content (AvgIpc) is 3.49. The fraction of sp³-hybridized carbons (Fsp3) is 0.478. The maximum absolute atomic E-state index is 13.0. The molecule has 5 aliphatic rings. The summed E-state index contributed by atoms with van der Waals surface area (Å²) in [6.07, 6.45) is 5.01. The van der Waals surface area contributed by atoms with Gasteiger partial charge < -0.3 is 10.1 Å². The number of para-hydroxylation sites is 1. The molecule has 0 radical (unpaired) electrons. The first kappa shape index (κ1) is 19.0. The van der Waals surface area contributed by atoms with Crippen molar-refractivity contribution in [1.82, 2.24) is 4.90 Å². The van der Waals surface area contributed by atoms with E-state index in [1.807, 2.05) is 0 Å². The molecule has 156 valence electrons. The summed E-state index contributed by atoms with van der Waals surface area (Å²) in [5, 5.41) is 2.67. The number of anilines is 1. The van der Waals surface area contributed by atoms with Crippen LogP contribution in [0, 0.1) is 35.5 Å². The first-order chi connectivity index (χ1) is 14.4. The monoisotopic (exact) mass is 408 g/mol. The lowest BCUT2D eigenvalue weighted by Gasteiger charge is -2.37. The number of ether oxygens (including phenoxy) is 1. The molecule has 30 heavy (non-hydrogen) atoms. The molecule has 1 aliphatic heterocycles. The van der Waals surface area contributed by atoms with E-state index in [0.29, 0.717) is 17.5 Å². The van der Waals surface area contributed by atoms with Crippen molar-refractivity contribution in [2.75, 3.05) is 11.9 Å². The van der Waals surface area contributed by atoms with Crippen LogP contribution in [0.4, 0.5) is 5.69 Å². The number of likely N-dealkylation sites (tertiary alicyclic amines) is 1. The van der Waals surface area contributed by atoms with Crippen LogP contribution in [-0.4, -0.2) is 41.2 Å². The zero-order valence-corrected chi connectivity index (χ0v) is 16.9. The first-order valence-corrected chi connectivity index (χ1v) is 10.5. The summed E-state index contributed by atoms with van der Waals surface area (Å²) in [5.74, 6) is -0.879. The number of imide groups is 1. The SMILES string of the molecule is CC(C)OC(=O)c1ccccc1NC(=O)CN1C(=O)[C@@H]2[C@H]3C=C[C@@H]([C@@H]4C[C@@H]34)[C@@H]2C1=O. The molecule has 6 rings (SSSR count). The Morgan fingerprint density at radius 3 is 2.27 bits per heavy atom. The maximum atomic E-state index is 13.0. The van der Waals surface area contributed by atoms with Gasteiger partial charge in [-0.15, -0.1) is 0 Å². The smallest absolute Gasteiger partial charge is 0.340 e. The lowest BCUT2D eigenvalue weighted by atomic mass is 9.63. The number of esters is 1. The normalized spacial score (nSPS) is 32.8. The fourth-order valence-corrected chi connectivity index (χ4v) is 5.56. The summed E-state index contributed by atoms with van der Waals surface area (Å²) >= 11 is 0. The van der Waals surface area contributed by atoms with Crippen molar-refractivity contribution in [3.05, 3.63) is 42.0 Å². The third-order valence-electron chi connectivity index (χ3n) is 6.82. The van der Waals surface area contributed by atoms with Gasteiger partial charge in [0, 0.05) is 0 Å². The summed E-state index contributed by atoms with van der Waals surface area (Å²) in [6, 6.07) is 6.54. The molecule has 1 heterocycles. The minimum atomic E-state index is -0.540. The predicted molar refractivity (Wildman–Crippen MR) is 107 cm³/mol. The third-order valence-corrected chi connectivity index (χ3v) is 6.82. The topological polar surface area (TPSA) is 92.8 Å². The number of rotatable bonds is 5. The second kappa shape index (κ2) is 6.79. The van der Waals surface area contributed by atoms with Gasteiger partial charge in [-0.3, -0.25) is 19.3 Å². The van der Waals surface area contributed by atoms with Crippen molar-refractivity contribution >= 4 is 29.4 Å². The number of hydrogen-bond donors (Lipinski definition) is 1. The van der Waals surface area contributed by atoms with Gasteiger partial charge >= 0.3 is 5.97 Å². The van der Waals surface area contributed by atoms with Crippen LogP contribution in [0.5, 0.6) is 0 Å². The van der Waals surface area contributed by atoms with Crippen LogP contribution in [0.25, 0.3) is 0 Å². The third kappa shape index (κ3) is 2.87. The highest BCUT2D eigenvalue weighted by Crippen LogP contribution is 2.65. The molecule has 1 saturated heterocycles. The van der Waals surface area contributed by atoms with Gasteiger partial charge in [-0.1, -0.05) is 24.3 Å². The first-order valence-electron chi connectivity index (χ1n) is 10.5. The van der Waals surface area contributed by atoms with Crippen LogP contribution in [0.2, 0.25) is 0 Å². The van der Waals surface area contributed by atoms with Crippen molar-refractivity contribution < 1.29 is 23.9 Å². The molecule has 7 heteroatoms. The Morgan fingerprint density at radius 1 is 1.07 bits per heavy atom. The van der Waals surface area contributed by atoms with E-state index in [2.05, 4.69) is 17.5 Å². The van der Waals surface area contributed by atoms with Gasteiger partial charge in [0.1, 0.15) is 6.54 Å². The largest absolute Gasteiger partial charge is 0.459 e. The minimum Gasteiger partial charge on any atom is -0.459 e. The van der Waals surface area contributed by atoms with E-state index in [0.717, 1.165) is 11.3 Å². The molecule has 4 aliphatic carbocycles. The maximum Gasteiger partial charge on any atom is 0.340 e. The Morgan fingerprint density at radius 2 is 1.67 bits per heavy atom. The van der Waals surface area contributed by atoms with Crippen LogP contribution >= 0.6 is 0 Å². The molecule has 3 fully saturated rings. The molecule has 0 unspecified atom stereocenters. The van der Waals surface area contributed by atoms with Gasteiger partial charge in [-0.05, 0) is 56.1 Å². The van der Waals surface area contributed by atoms with Crippen molar-refractivity contribution in [3.63, 3.8) is 0 Å². The highest BCUT2D eigenvalue weighted by Gasteiger charge is 2.67. The standard InChI is InChI=1S/C23H24N2O5/c1-11(2)30-23(29)14-5-3-4-6-17(14)24-18(26)10-25-21(27)19-12-7-8-13(16-9-15(12)16)20(19)22(25)28/h3-8,11-13,15-16,19-20H,9-10H2,1-2H3,(H,24,26)/t12-,13-,15-,16-,19-,20+/m0/s1. The van der Waals surface area contributed by atoms with Gasteiger partial charge in [0.25, 0.3) is 0 Å². The van der Waals surface area contributed by atoms with Gasteiger partial charge in [0.15, 0.2) is 0 Å². The van der Waals surface area contributed by atoms with E-state index >= 15 is 0 Å². The van der Waals surface area contributed by atoms with Crippen molar-refractivity contribution in [2.24, 2.45) is 35.5 Å². The molecular formula is C23H24N2O5. The summed E-state index contributed by atoms with van der Waals surface area (Å²) in [7, 11) is 0. The molecule has 3 amide bonds. The van der Waals surface area contributed by atoms with Crippen LogP contribution in [0.15, 0.2) is 36.4 Å². The van der Waals surface area contributed by atoms with Gasteiger partial charge in [-0.2, -0.15) is 0 Å². The number of allylic oxidation sites excluding steroid dienone is 2. The highest BCUT2D eigenvalue weighted by atomic mass is 16.5. The molecule has 1 N–H and O–H groups in total. The van der Waals surface area contributed by atoms with Crippen LogP contribution in [0.3, 0.4) is 0 Å². The predicted octanol–water partition coefficient (Wildman–Crippen LogP) is 2.24. The fourth-order valence-electron chi connectivity index (χ4n) is 5.56. The van der Waals surface area contributed by atoms with E-state index in [1.165, 1.54) is 0 Å². The number of carbonyl (C=O) groups is 4. The number of hydrogen-bond acceptors (Lipinski definition) is 5. The van der Waals surface area contributed by atoms with Crippen molar-refractivity contribution in [1.29, 1.82) is 0 Å². The summed E-state index contributed by atoms with van der Waals surface area (Å²) < 4.78 is 5.22. The van der Waals surface area contributed by atoms with Crippen LogP contribution in [0.1, 0.15) is 30.6 Å². The molecule has 7 nitrogen and oxygen atoms in total. The Bertz CT molecular complexity index is 948. The Hall–Kier alpha value is -2.96. The molecular weight excluding hydrogens is 384 g/mol. The van der Waals surface area contributed by atoms with Gasteiger partial charge in [-0.25, -0.2) is 4.79 Å². The lowest BCUT2D eigenvalue weighted by molar-refractivity contribution is -0.142. The van der Waals surface area contributed by atoms with Crippen LogP contribution in [-0.2, 0) is 19.1 Å². The number of carbonyl (C=O) groups excluding carboxylic acids is 4. The molecule has 1 aromatic carbocycles. The van der Waals surface area contributed by atoms with E-state index in [1.54, 1.807) is 38.1 Å². The zero-order valence-electron chi connectivity index (χ0n) is 16.9. The quantitative estimate of drug-likeness (QED) is 0.458. The molecule has 6 atom stereocenters. The van der Waals surface area contributed by atoms with Gasteiger partial charge in [0.05, 0.1) is 29.2 Å². The lowest BCUT2D eigenvalue weighted by Crippen LogP contribution is -2.40. The molecule has 0 aromatic heterocycles. The van der Waals surface area contributed by atoms with Crippen molar-refractivity contribution in [2.45, 2.75) is 26.4 Å². The summed E-state index contributed by atoms with van der Waals surface area (Å²) in [5.41, 5.74) is 0.530. The van der Waals surface area contributed by atoms with Crippen molar-refractivity contribution in [3.8, 4) is 0 Å².